The summed E-state index contributed by atoms with van der Waals surface area (Å²) in [4.78, 5) is 48.7. The third kappa shape index (κ3) is 3.60. The van der Waals surface area contributed by atoms with E-state index in [9.17, 15) is 33.2 Å². The van der Waals surface area contributed by atoms with Gasteiger partial charge in [0.2, 0.25) is 5.91 Å². The molecule has 0 spiro atoms. The van der Waals surface area contributed by atoms with Gasteiger partial charge in [0.05, 0.1) is 5.56 Å². The zero-order valence-electron chi connectivity index (χ0n) is 16.1. The second-order valence-electron chi connectivity index (χ2n) is 7.48. The number of fused-ring (bicyclic) bond motifs is 1. The van der Waals surface area contributed by atoms with Crippen LogP contribution in [0.15, 0.2) is 36.4 Å². The number of piperidine rings is 1. The standard InChI is InChI=1S/C21H17F2N3O5/c22-15-5-4-11(8-16(15)23)19(28)24-9-12-2-1-3-13-14(12)10-26(31,21(13)30)17-6-7-18(27)25-20(17)29/h1-5,8,17H,6-7,9-10H2,(H,24,28)(H,25,27,29). The highest BCUT2D eigenvalue weighted by Gasteiger charge is 2.49. The van der Waals surface area contributed by atoms with Gasteiger partial charge in [-0.1, -0.05) is 12.1 Å². The smallest absolute Gasteiger partial charge is 0.347 e. The molecule has 4 rings (SSSR count). The lowest BCUT2D eigenvalue weighted by Crippen LogP contribution is -2.60. The number of quaternary nitrogens is 1. The quantitative estimate of drug-likeness (QED) is 0.436. The van der Waals surface area contributed by atoms with Gasteiger partial charge < -0.3 is 10.5 Å². The average Bonchev–Trinajstić information content (AvgIpc) is 3.00. The monoisotopic (exact) mass is 429 g/mol. The molecule has 1 fully saturated rings. The number of hydroxylamine groups is 3. The van der Waals surface area contributed by atoms with E-state index in [-0.39, 0.29) is 37.1 Å². The third-order valence-corrected chi connectivity index (χ3v) is 5.57. The molecule has 10 heteroatoms. The van der Waals surface area contributed by atoms with E-state index in [4.69, 9.17) is 0 Å². The van der Waals surface area contributed by atoms with E-state index in [1.54, 1.807) is 12.1 Å². The van der Waals surface area contributed by atoms with Crippen LogP contribution in [0.5, 0.6) is 0 Å². The number of benzene rings is 2. The van der Waals surface area contributed by atoms with Gasteiger partial charge in [-0.15, -0.1) is 0 Å². The zero-order chi connectivity index (χ0) is 22.3. The molecule has 0 aliphatic carbocycles. The third-order valence-electron chi connectivity index (χ3n) is 5.57. The van der Waals surface area contributed by atoms with Crippen LogP contribution >= 0.6 is 0 Å². The van der Waals surface area contributed by atoms with E-state index < -0.39 is 46.0 Å². The summed E-state index contributed by atoms with van der Waals surface area (Å²) in [6, 6.07) is 6.16. The van der Waals surface area contributed by atoms with Gasteiger partial charge in [-0.25, -0.2) is 13.6 Å². The molecular formula is C21H17F2N3O5. The Bertz CT molecular complexity index is 1140. The lowest BCUT2D eigenvalue weighted by molar-refractivity contribution is -0.825. The Kier molecular flexibility index (Phi) is 5.11. The minimum absolute atomic E-state index is 0.0284. The summed E-state index contributed by atoms with van der Waals surface area (Å²) in [6.45, 7) is -0.374. The summed E-state index contributed by atoms with van der Waals surface area (Å²) in [5.41, 5.74) is 0.960. The van der Waals surface area contributed by atoms with Crippen molar-refractivity contribution in [2.45, 2.75) is 32.0 Å². The van der Waals surface area contributed by atoms with Crippen molar-refractivity contribution in [3.8, 4) is 0 Å². The van der Waals surface area contributed by atoms with Crippen molar-refractivity contribution in [1.29, 1.82) is 0 Å². The molecule has 1 saturated heterocycles. The Morgan fingerprint density at radius 3 is 2.65 bits per heavy atom. The second kappa shape index (κ2) is 7.64. The molecule has 4 amide bonds. The van der Waals surface area contributed by atoms with Crippen LogP contribution < -0.4 is 10.6 Å². The van der Waals surface area contributed by atoms with E-state index >= 15 is 0 Å². The summed E-state index contributed by atoms with van der Waals surface area (Å²) in [6.07, 6.45) is -0.0600. The van der Waals surface area contributed by atoms with Gasteiger partial charge in [0.25, 0.3) is 11.8 Å². The number of carbonyl (C=O) groups excluding carboxylic acids is 4. The predicted molar refractivity (Wildman–Crippen MR) is 102 cm³/mol. The molecule has 2 aromatic rings. The normalized spacial score (nSPS) is 22.8. The summed E-state index contributed by atoms with van der Waals surface area (Å²) < 4.78 is 25.0. The summed E-state index contributed by atoms with van der Waals surface area (Å²) >= 11 is 0. The molecule has 2 heterocycles. The Hall–Kier alpha value is -3.50. The topological polar surface area (TPSA) is 115 Å². The number of nitrogens with one attached hydrogen (secondary N) is 2. The van der Waals surface area contributed by atoms with Crippen molar-refractivity contribution >= 4 is 23.6 Å². The number of amides is 4. The number of hydrogen-bond donors (Lipinski definition) is 2. The van der Waals surface area contributed by atoms with Gasteiger partial charge in [-0.3, -0.25) is 24.3 Å². The molecule has 8 nitrogen and oxygen atoms in total. The van der Waals surface area contributed by atoms with E-state index in [0.717, 1.165) is 18.2 Å². The maximum atomic E-state index is 13.4. The van der Waals surface area contributed by atoms with Gasteiger partial charge in [0.1, 0.15) is 6.54 Å². The van der Waals surface area contributed by atoms with Gasteiger partial charge >= 0.3 is 5.91 Å². The van der Waals surface area contributed by atoms with Crippen LogP contribution in [0.2, 0.25) is 0 Å². The van der Waals surface area contributed by atoms with Crippen LogP contribution in [-0.2, 0) is 22.7 Å². The summed E-state index contributed by atoms with van der Waals surface area (Å²) in [5, 5.41) is 18.1. The van der Waals surface area contributed by atoms with E-state index in [1.807, 2.05) is 0 Å². The van der Waals surface area contributed by atoms with Crippen molar-refractivity contribution in [2.75, 3.05) is 0 Å². The fourth-order valence-electron chi connectivity index (χ4n) is 3.94. The lowest BCUT2D eigenvalue weighted by Gasteiger charge is -2.42. The largest absolute Gasteiger partial charge is 0.624 e. The predicted octanol–water partition coefficient (Wildman–Crippen LogP) is 1.67. The van der Waals surface area contributed by atoms with Crippen LogP contribution in [0.3, 0.4) is 0 Å². The number of imide groups is 1. The first-order chi connectivity index (χ1) is 14.7. The molecule has 2 aliphatic rings. The molecule has 2 N–H and O–H groups in total. The minimum Gasteiger partial charge on any atom is -0.624 e. The van der Waals surface area contributed by atoms with Crippen molar-refractivity contribution in [1.82, 2.24) is 10.6 Å². The molecule has 0 radical (unpaired) electrons. The van der Waals surface area contributed by atoms with Crippen molar-refractivity contribution in [3.63, 3.8) is 0 Å². The molecule has 0 saturated carbocycles. The first-order valence-electron chi connectivity index (χ1n) is 9.52. The lowest BCUT2D eigenvalue weighted by atomic mass is 10.0. The molecule has 2 aromatic carbocycles. The molecule has 2 atom stereocenters. The molecule has 2 unspecified atom stereocenters. The highest BCUT2D eigenvalue weighted by Crippen LogP contribution is 2.36. The van der Waals surface area contributed by atoms with Gasteiger partial charge in [-0.2, -0.15) is 0 Å². The van der Waals surface area contributed by atoms with E-state index in [1.165, 1.54) is 6.07 Å². The maximum Gasteiger partial charge on any atom is 0.347 e. The van der Waals surface area contributed by atoms with Crippen LogP contribution in [0.4, 0.5) is 8.78 Å². The molecule has 2 aliphatic heterocycles. The molecule has 0 bridgehead atoms. The Morgan fingerprint density at radius 1 is 1.16 bits per heavy atom. The highest BCUT2D eigenvalue weighted by atomic mass is 19.2. The number of nitrogens with zero attached hydrogens (tertiary/aromatic N) is 1. The fourth-order valence-corrected chi connectivity index (χ4v) is 3.94. The Morgan fingerprint density at radius 2 is 1.94 bits per heavy atom. The highest BCUT2D eigenvalue weighted by molar-refractivity contribution is 6.02. The van der Waals surface area contributed by atoms with Crippen molar-refractivity contribution in [2.24, 2.45) is 0 Å². The molecule has 160 valence electrons. The summed E-state index contributed by atoms with van der Waals surface area (Å²) in [5.74, 6) is -4.93. The number of halogens is 2. The SMILES string of the molecule is O=C1CCC([N+]2([O-])Cc3c(CNC(=O)c4ccc(F)c(F)c4)cccc3C2=O)C(=O)N1. The van der Waals surface area contributed by atoms with E-state index in [0.29, 0.717) is 11.1 Å². The Labute approximate surface area is 175 Å². The Balaban J connectivity index is 1.54. The average molecular weight is 429 g/mol. The van der Waals surface area contributed by atoms with Crippen LogP contribution in [0.1, 0.15) is 44.7 Å². The van der Waals surface area contributed by atoms with Gasteiger partial charge in [-0.05, 0) is 29.8 Å². The number of carbonyl (C=O) groups is 4. The first-order valence-corrected chi connectivity index (χ1v) is 9.52. The molecule has 31 heavy (non-hydrogen) atoms. The number of hydrogen-bond acceptors (Lipinski definition) is 5. The molecule has 0 aromatic heterocycles. The van der Waals surface area contributed by atoms with E-state index in [2.05, 4.69) is 10.6 Å². The fraction of sp³-hybridized carbons (Fsp3) is 0.238. The summed E-state index contributed by atoms with van der Waals surface area (Å²) in [7, 11) is 0. The van der Waals surface area contributed by atoms with Crippen LogP contribution in [0.25, 0.3) is 0 Å². The van der Waals surface area contributed by atoms with Crippen LogP contribution in [0, 0.1) is 16.8 Å². The van der Waals surface area contributed by atoms with Gasteiger partial charge in [0.15, 0.2) is 17.7 Å². The van der Waals surface area contributed by atoms with Gasteiger partial charge in [0, 0.05) is 30.5 Å². The zero-order valence-corrected chi connectivity index (χ0v) is 16.1. The number of rotatable bonds is 4. The maximum absolute atomic E-state index is 13.4. The van der Waals surface area contributed by atoms with Crippen LogP contribution in [-0.4, -0.2) is 34.3 Å². The molecular weight excluding hydrogens is 412 g/mol. The minimum atomic E-state index is -1.43. The van der Waals surface area contributed by atoms with Crippen molar-refractivity contribution < 1.29 is 32.6 Å². The first kappa shape index (κ1) is 20.8. The second-order valence-corrected chi connectivity index (χ2v) is 7.48. The van der Waals surface area contributed by atoms with Crippen molar-refractivity contribution in [3.05, 3.63) is 75.5 Å².